The maximum atomic E-state index is 12.7. The summed E-state index contributed by atoms with van der Waals surface area (Å²) in [5, 5.41) is 12.6. The Morgan fingerprint density at radius 2 is 1.71 bits per heavy atom. The van der Waals surface area contributed by atoms with Gasteiger partial charge in [-0.25, -0.2) is 9.59 Å². The van der Waals surface area contributed by atoms with Crippen LogP contribution in [0.15, 0.2) is 66.9 Å². The SMILES string of the molecule is O=C(NC1(C(=O)O)CCc2ncccc2C1)OCC1c2ccccc2-c2ccccc21. The first-order chi connectivity index (χ1) is 15.1. The Bertz CT molecular complexity index is 1130. The number of aromatic nitrogens is 1. The Balaban J connectivity index is 1.33. The highest BCUT2D eigenvalue weighted by atomic mass is 16.5. The van der Waals surface area contributed by atoms with E-state index in [-0.39, 0.29) is 25.4 Å². The second kappa shape index (κ2) is 7.54. The van der Waals surface area contributed by atoms with E-state index in [1.54, 1.807) is 12.3 Å². The highest BCUT2D eigenvalue weighted by Gasteiger charge is 2.44. The molecule has 2 aromatic carbocycles. The maximum Gasteiger partial charge on any atom is 0.408 e. The number of rotatable bonds is 4. The fourth-order valence-electron chi connectivity index (χ4n) is 4.78. The number of carboxylic acid groups (broad SMARTS) is 1. The number of carbonyl (C=O) groups is 2. The van der Waals surface area contributed by atoms with Crippen LogP contribution in [0.5, 0.6) is 0 Å². The molecule has 2 N–H and O–H groups in total. The van der Waals surface area contributed by atoms with Gasteiger partial charge in [-0.3, -0.25) is 4.98 Å². The van der Waals surface area contributed by atoms with Crippen LogP contribution in [0, 0.1) is 0 Å². The van der Waals surface area contributed by atoms with Gasteiger partial charge in [-0.2, -0.15) is 0 Å². The van der Waals surface area contributed by atoms with E-state index in [4.69, 9.17) is 4.74 Å². The number of ether oxygens (including phenoxy) is 1. The zero-order valence-electron chi connectivity index (χ0n) is 16.9. The van der Waals surface area contributed by atoms with Crippen molar-refractivity contribution in [2.24, 2.45) is 0 Å². The molecule has 1 aromatic heterocycles. The van der Waals surface area contributed by atoms with Crippen molar-refractivity contribution in [1.29, 1.82) is 0 Å². The molecule has 156 valence electrons. The lowest BCUT2D eigenvalue weighted by atomic mass is 9.80. The van der Waals surface area contributed by atoms with Crippen LogP contribution >= 0.6 is 0 Å². The molecule has 6 nitrogen and oxygen atoms in total. The molecule has 0 saturated carbocycles. The number of hydrogen-bond donors (Lipinski definition) is 2. The van der Waals surface area contributed by atoms with E-state index in [1.807, 2.05) is 42.5 Å². The van der Waals surface area contributed by atoms with E-state index in [1.165, 1.54) is 0 Å². The Morgan fingerprint density at radius 3 is 2.39 bits per heavy atom. The second-order valence-corrected chi connectivity index (χ2v) is 8.12. The lowest BCUT2D eigenvalue weighted by Crippen LogP contribution is -2.58. The first kappa shape index (κ1) is 19.3. The third-order valence-corrected chi connectivity index (χ3v) is 6.36. The average molecular weight is 414 g/mol. The third kappa shape index (κ3) is 3.34. The largest absolute Gasteiger partial charge is 0.479 e. The number of aryl methyl sites for hydroxylation is 1. The van der Waals surface area contributed by atoms with E-state index < -0.39 is 17.6 Å². The van der Waals surface area contributed by atoms with Gasteiger partial charge < -0.3 is 15.2 Å². The molecule has 6 heteroatoms. The zero-order valence-corrected chi connectivity index (χ0v) is 16.9. The van der Waals surface area contributed by atoms with Crippen LogP contribution in [0.25, 0.3) is 11.1 Å². The molecule has 0 aliphatic heterocycles. The minimum atomic E-state index is -1.39. The fourth-order valence-corrected chi connectivity index (χ4v) is 4.78. The Hall–Kier alpha value is -3.67. The summed E-state index contributed by atoms with van der Waals surface area (Å²) in [6.45, 7) is 0.147. The van der Waals surface area contributed by atoms with E-state index in [0.29, 0.717) is 6.42 Å². The van der Waals surface area contributed by atoms with Crippen LogP contribution in [0.4, 0.5) is 4.79 Å². The van der Waals surface area contributed by atoms with Crippen molar-refractivity contribution >= 4 is 12.1 Å². The van der Waals surface area contributed by atoms with Crippen molar-refractivity contribution in [2.45, 2.75) is 30.7 Å². The highest BCUT2D eigenvalue weighted by Crippen LogP contribution is 2.44. The molecule has 31 heavy (non-hydrogen) atoms. The monoisotopic (exact) mass is 414 g/mol. The van der Waals surface area contributed by atoms with Crippen molar-refractivity contribution in [3.8, 4) is 11.1 Å². The van der Waals surface area contributed by atoms with Gasteiger partial charge in [-0.1, -0.05) is 54.6 Å². The number of hydrogen-bond acceptors (Lipinski definition) is 4. The summed E-state index contributed by atoms with van der Waals surface area (Å²) in [4.78, 5) is 29.1. The van der Waals surface area contributed by atoms with Crippen molar-refractivity contribution in [3.63, 3.8) is 0 Å². The molecule has 0 saturated heterocycles. The molecular weight excluding hydrogens is 392 g/mol. The van der Waals surface area contributed by atoms with E-state index >= 15 is 0 Å². The smallest absolute Gasteiger partial charge is 0.408 e. The van der Waals surface area contributed by atoms with E-state index in [2.05, 4.69) is 22.4 Å². The molecule has 1 unspecified atom stereocenters. The fraction of sp³-hybridized carbons (Fsp3) is 0.240. The minimum absolute atomic E-state index is 0.0739. The predicted molar refractivity (Wildman–Crippen MR) is 115 cm³/mol. The molecule has 1 heterocycles. The number of benzene rings is 2. The topological polar surface area (TPSA) is 88.5 Å². The van der Waals surface area contributed by atoms with Gasteiger partial charge in [0.05, 0.1) is 0 Å². The van der Waals surface area contributed by atoms with Gasteiger partial charge >= 0.3 is 12.1 Å². The van der Waals surface area contributed by atoms with Gasteiger partial charge in [0, 0.05) is 24.2 Å². The first-order valence-electron chi connectivity index (χ1n) is 10.4. The predicted octanol–water partition coefficient (Wildman–Crippen LogP) is 3.93. The maximum absolute atomic E-state index is 12.7. The van der Waals surface area contributed by atoms with Gasteiger partial charge in [-0.05, 0) is 46.7 Å². The standard InChI is InChI=1S/C25H22N2O4/c28-23(29)25(12-11-22-16(14-25)6-5-13-26-22)27-24(30)31-15-21-19-9-3-1-7-17(19)18-8-2-4-10-20(18)21/h1-10,13,21H,11-12,14-15H2,(H,27,30)(H,28,29). The van der Waals surface area contributed by atoms with Gasteiger partial charge in [0.15, 0.2) is 0 Å². The van der Waals surface area contributed by atoms with Crippen molar-refractivity contribution < 1.29 is 19.4 Å². The number of fused-ring (bicyclic) bond motifs is 4. The second-order valence-electron chi connectivity index (χ2n) is 8.12. The summed E-state index contributed by atoms with van der Waals surface area (Å²) < 4.78 is 5.58. The summed E-state index contributed by atoms with van der Waals surface area (Å²) in [7, 11) is 0. The normalized spacial score (nSPS) is 19.1. The molecule has 1 atom stereocenters. The number of aliphatic carboxylic acids is 1. The van der Waals surface area contributed by atoms with Gasteiger partial charge in [0.1, 0.15) is 12.1 Å². The molecule has 3 aromatic rings. The van der Waals surface area contributed by atoms with Gasteiger partial charge in [0.25, 0.3) is 0 Å². The molecule has 0 radical (unpaired) electrons. The summed E-state index contributed by atoms with van der Waals surface area (Å²) in [6, 6.07) is 19.8. The van der Waals surface area contributed by atoms with Crippen molar-refractivity contribution in [3.05, 3.63) is 89.2 Å². The lowest BCUT2D eigenvalue weighted by Gasteiger charge is -2.34. The van der Waals surface area contributed by atoms with E-state index in [0.717, 1.165) is 33.5 Å². The van der Waals surface area contributed by atoms with Crippen LogP contribution in [0.1, 0.15) is 34.7 Å². The Morgan fingerprint density at radius 1 is 1.03 bits per heavy atom. The molecular formula is C25H22N2O4. The van der Waals surface area contributed by atoms with Crippen LogP contribution < -0.4 is 5.32 Å². The Labute approximate surface area is 179 Å². The number of carboxylic acids is 1. The molecule has 5 rings (SSSR count). The van der Waals surface area contributed by atoms with Crippen LogP contribution in [-0.2, 0) is 22.4 Å². The van der Waals surface area contributed by atoms with Crippen LogP contribution in [-0.4, -0.2) is 34.3 Å². The van der Waals surface area contributed by atoms with Crippen LogP contribution in [0.3, 0.4) is 0 Å². The van der Waals surface area contributed by atoms with Crippen molar-refractivity contribution in [1.82, 2.24) is 10.3 Å². The quantitative estimate of drug-likeness (QED) is 0.675. The Kier molecular flexibility index (Phi) is 4.70. The van der Waals surface area contributed by atoms with Gasteiger partial charge in [0.2, 0.25) is 0 Å². The molecule has 2 aliphatic carbocycles. The summed E-state index contributed by atoms with van der Waals surface area (Å²) in [6.07, 6.45) is 1.95. The number of pyridine rings is 1. The molecule has 0 spiro atoms. The minimum Gasteiger partial charge on any atom is -0.479 e. The number of nitrogens with one attached hydrogen (secondary N) is 1. The zero-order chi connectivity index (χ0) is 21.4. The van der Waals surface area contributed by atoms with Gasteiger partial charge in [-0.15, -0.1) is 0 Å². The highest BCUT2D eigenvalue weighted by molar-refractivity contribution is 5.85. The first-order valence-corrected chi connectivity index (χ1v) is 10.4. The molecule has 1 amide bonds. The number of amides is 1. The summed E-state index contributed by atoms with van der Waals surface area (Å²) >= 11 is 0. The molecule has 0 bridgehead atoms. The number of alkyl carbamates (subject to hydrolysis) is 1. The molecule has 0 fully saturated rings. The van der Waals surface area contributed by atoms with Crippen molar-refractivity contribution in [2.75, 3.05) is 6.61 Å². The number of nitrogens with zero attached hydrogens (tertiary/aromatic N) is 1. The lowest BCUT2D eigenvalue weighted by molar-refractivity contribution is -0.145. The number of carbonyl (C=O) groups excluding carboxylic acids is 1. The summed E-state index contributed by atoms with van der Waals surface area (Å²) in [5.41, 5.74) is 4.85. The average Bonchev–Trinajstić information content (AvgIpc) is 3.11. The third-order valence-electron chi connectivity index (χ3n) is 6.36. The molecule has 2 aliphatic rings. The summed E-state index contributed by atoms with van der Waals surface area (Å²) in [5.74, 6) is -1.13. The van der Waals surface area contributed by atoms with E-state index in [9.17, 15) is 14.7 Å². The van der Waals surface area contributed by atoms with Crippen LogP contribution in [0.2, 0.25) is 0 Å².